The van der Waals surface area contributed by atoms with Gasteiger partial charge in [0.25, 0.3) is 5.91 Å². The summed E-state index contributed by atoms with van der Waals surface area (Å²) in [6.45, 7) is 1.99. The fraction of sp³-hybridized carbons (Fsp3) is 0.333. The van der Waals surface area contributed by atoms with Gasteiger partial charge in [-0.25, -0.2) is 0 Å². The summed E-state index contributed by atoms with van der Waals surface area (Å²) >= 11 is 0. The molecule has 1 atom stereocenters. The average molecular weight is 288 g/mol. The standard InChI is InChI=1S/C15H20N4O2/c1-10(8-11-6-4-5-7-13(11)21-3)19(2)15(20)12-9-14(16)18-17-12/h4-7,9-10H,8H2,1-3H3,(H3,16,17,18). The first-order chi connectivity index (χ1) is 10.0. The lowest BCUT2D eigenvalue weighted by atomic mass is 10.0. The molecule has 2 aromatic rings. The van der Waals surface area contributed by atoms with Gasteiger partial charge in [0.05, 0.1) is 7.11 Å². The molecule has 0 fully saturated rings. The largest absolute Gasteiger partial charge is 0.496 e. The number of benzene rings is 1. The Balaban J connectivity index is 2.09. The lowest BCUT2D eigenvalue weighted by Gasteiger charge is -2.25. The number of amides is 1. The SMILES string of the molecule is COc1ccccc1CC(C)N(C)C(=O)c1cc(N)n[nH]1. The minimum atomic E-state index is -0.137. The normalized spacial score (nSPS) is 12.0. The maximum Gasteiger partial charge on any atom is 0.271 e. The van der Waals surface area contributed by atoms with Crippen LogP contribution in [-0.4, -0.2) is 41.2 Å². The van der Waals surface area contributed by atoms with E-state index in [1.807, 2.05) is 31.2 Å². The van der Waals surface area contributed by atoms with Crippen LogP contribution in [-0.2, 0) is 6.42 Å². The Kier molecular flexibility index (Phi) is 4.47. The molecule has 0 saturated heterocycles. The zero-order valence-corrected chi connectivity index (χ0v) is 12.5. The number of likely N-dealkylation sites (N-methyl/N-ethyl adjacent to an activating group) is 1. The van der Waals surface area contributed by atoms with Crippen molar-refractivity contribution in [3.8, 4) is 5.75 Å². The van der Waals surface area contributed by atoms with Gasteiger partial charge in [-0.05, 0) is 25.0 Å². The smallest absolute Gasteiger partial charge is 0.271 e. The molecule has 2 rings (SSSR count). The summed E-state index contributed by atoms with van der Waals surface area (Å²) in [4.78, 5) is 14.0. The highest BCUT2D eigenvalue weighted by molar-refractivity contribution is 5.93. The Morgan fingerprint density at radius 1 is 1.48 bits per heavy atom. The second kappa shape index (κ2) is 6.30. The summed E-state index contributed by atoms with van der Waals surface area (Å²) in [6, 6.07) is 9.35. The number of hydrogen-bond donors (Lipinski definition) is 2. The van der Waals surface area contributed by atoms with E-state index >= 15 is 0 Å². The summed E-state index contributed by atoms with van der Waals surface area (Å²) in [5.41, 5.74) is 6.98. The second-order valence-corrected chi connectivity index (χ2v) is 4.99. The van der Waals surface area contributed by atoms with Crippen molar-refractivity contribution in [1.29, 1.82) is 0 Å². The number of para-hydroxylation sites is 1. The van der Waals surface area contributed by atoms with E-state index in [1.165, 1.54) is 6.07 Å². The highest BCUT2D eigenvalue weighted by Crippen LogP contribution is 2.20. The van der Waals surface area contributed by atoms with Crippen LogP contribution in [0.25, 0.3) is 0 Å². The number of rotatable bonds is 5. The number of aromatic amines is 1. The Bertz CT molecular complexity index is 624. The topological polar surface area (TPSA) is 84.2 Å². The summed E-state index contributed by atoms with van der Waals surface area (Å²) in [7, 11) is 3.41. The van der Waals surface area contributed by atoms with Crippen LogP contribution in [0.3, 0.4) is 0 Å². The van der Waals surface area contributed by atoms with E-state index in [1.54, 1.807) is 19.1 Å². The third-order valence-electron chi connectivity index (χ3n) is 3.52. The van der Waals surface area contributed by atoms with Crippen LogP contribution in [0, 0.1) is 0 Å². The third kappa shape index (κ3) is 3.34. The monoisotopic (exact) mass is 288 g/mol. The zero-order chi connectivity index (χ0) is 15.4. The molecule has 1 heterocycles. The predicted octanol–water partition coefficient (Wildman–Crippen LogP) is 1.70. The molecule has 21 heavy (non-hydrogen) atoms. The minimum absolute atomic E-state index is 0.0123. The molecule has 112 valence electrons. The van der Waals surface area contributed by atoms with Crippen LogP contribution < -0.4 is 10.5 Å². The number of aromatic nitrogens is 2. The summed E-state index contributed by atoms with van der Waals surface area (Å²) in [6.07, 6.45) is 0.704. The molecule has 0 aliphatic heterocycles. The van der Waals surface area contributed by atoms with Gasteiger partial charge in [-0.3, -0.25) is 9.89 Å². The van der Waals surface area contributed by atoms with Gasteiger partial charge in [-0.1, -0.05) is 18.2 Å². The fourth-order valence-corrected chi connectivity index (χ4v) is 2.16. The Labute approximate surface area is 123 Å². The molecule has 1 amide bonds. The molecule has 0 aliphatic rings. The number of methoxy groups -OCH3 is 1. The van der Waals surface area contributed by atoms with Crippen LogP contribution in [0.15, 0.2) is 30.3 Å². The van der Waals surface area contributed by atoms with Crippen molar-refractivity contribution in [2.24, 2.45) is 0 Å². The minimum Gasteiger partial charge on any atom is -0.496 e. The molecule has 1 aromatic carbocycles. The van der Waals surface area contributed by atoms with E-state index in [-0.39, 0.29) is 11.9 Å². The molecule has 3 N–H and O–H groups in total. The van der Waals surface area contributed by atoms with Gasteiger partial charge >= 0.3 is 0 Å². The first-order valence-corrected chi connectivity index (χ1v) is 6.73. The van der Waals surface area contributed by atoms with Crippen molar-refractivity contribution in [2.75, 3.05) is 19.9 Å². The van der Waals surface area contributed by atoms with Crippen molar-refractivity contribution >= 4 is 11.7 Å². The summed E-state index contributed by atoms with van der Waals surface area (Å²) in [5.74, 6) is 1.00. The van der Waals surface area contributed by atoms with Gasteiger partial charge < -0.3 is 15.4 Å². The first-order valence-electron chi connectivity index (χ1n) is 6.73. The van der Waals surface area contributed by atoms with E-state index in [0.717, 1.165) is 11.3 Å². The number of nitrogens with two attached hydrogens (primary N) is 1. The lowest BCUT2D eigenvalue weighted by Crippen LogP contribution is -2.36. The van der Waals surface area contributed by atoms with Gasteiger partial charge in [-0.15, -0.1) is 0 Å². The molecular weight excluding hydrogens is 268 g/mol. The molecule has 1 aromatic heterocycles. The number of nitrogens with one attached hydrogen (secondary N) is 1. The Morgan fingerprint density at radius 3 is 2.81 bits per heavy atom. The molecule has 0 bridgehead atoms. The average Bonchev–Trinajstić information content (AvgIpc) is 2.92. The lowest BCUT2D eigenvalue weighted by molar-refractivity contribution is 0.0737. The number of H-pyrrole nitrogens is 1. The van der Waals surface area contributed by atoms with Crippen LogP contribution in [0.5, 0.6) is 5.75 Å². The van der Waals surface area contributed by atoms with Crippen molar-refractivity contribution in [1.82, 2.24) is 15.1 Å². The van der Waals surface area contributed by atoms with Gasteiger partial charge in [-0.2, -0.15) is 5.10 Å². The van der Waals surface area contributed by atoms with E-state index in [4.69, 9.17) is 10.5 Å². The van der Waals surface area contributed by atoms with Crippen molar-refractivity contribution in [3.63, 3.8) is 0 Å². The number of carbonyl (C=O) groups is 1. The highest BCUT2D eigenvalue weighted by atomic mass is 16.5. The number of nitrogens with zero attached hydrogens (tertiary/aromatic N) is 2. The quantitative estimate of drug-likeness (QED) is 0.877. The molecule has 0 radical (unpaired) electrons. The fourth-order valence-electron chi connectivity index (χ4n) is 2.16. The molecule has 6 heteroatoms. The van der Waals surface area contributed by atoms with E-state index < -0.39 is 0 Å². The highest BCUT2D eigenvalue weighted by Gasteiger charge is 2.20. The first kappa shape index (κ1) is 14.9. The predicted molar refractivity (Wildman–Crippen MR) is 81.3 cm³/mol. The molecule has 0 spiro atoms. The maximum atomic E-state index is 12.3. The summed E-state index contributed by atoms with van der Waals surface area (Å²) < 4.78 is 5.34. The molecule has 6 nitrogen and oxygen atoms in total. The number of ether oxygens (including phenoxy) is 1. The van der Waals surface area contributed by atoms with Gasteiger partial charge in [0.15, 0.2) is 0 Å². The van der Waals surface area contributed by atoms with Crippen molar-refractivity contribution < 1.29 is 9.53 Å². The van der Waals surface area contributed by atoms with Gasteiger partial charge in [0.2, 0.25) is 0 Å². The van der Waals surface area contributed by atoms with E-state index in [0.29, 0.717) is 17.9 Å². The number of anilines is 1. The molecule has 0 saturated carbocycles. The van der Waals surface area contributed by atoms with Gasteiger partial charge in [0, 0.05) is 19.2 Å². The van der Waals surface area contributed by atoms with E-state index in [2.05, 4.69) is 10.2 Å². The Hall–Kier alpha value is -2.50. The summed E-state index contributed by atoms with van der Waals surface area (Å²) in [5, 5.41) is 6.41. The third-order valence-corrected chi connectivity index (χ3v) is 3.52. The molecule has 0 aliphatic carbocycles. The number of nitrogen functional groups attached to an aromatic ring is 1. The maximum absolute atomic E-state index is 12.3. The van der Waals surface area contributed by atoms with Crippen LogP contribution >= 0.6 is 0 Å². The van der Waals surface area contributed by atoms with Gasteiger partial charge in [0.1, 0.15) is 17.3 Å². The van der Waals surface area contributed by atoms with Crippen molar-refractivity contribution in [2.45, 2.75) is 19.4 Å². The number of hydrogen-bond acceptors (Lipinski definition) is 4. The zero-order valence-electron chi connectivity index (χ0n) is 12.5. The van der Waals surface area contributed by atoms with Crippen LogP contribution in [0.2, 0.25) is 0 Å². The van der Waals surface area contributed by atoms with Crippen LogP contribution in [0.4, 0.5) is 5.82 Å². The number of carbonyl (C=O) groups excluding carboxylic acids is 1. The Morgan fingerprint density at radius 2 is 2.19 bits per heavy atom. The molecule has 1 unspecified atom stereocenters. The van der Waals surface area contributed by atoms with Crippen LogP contribution in [0.1, 0.15) is 23.0 Å². The second-order valence-electron chi connectivity index (χ2n) is 4.99. The molecular formula is C15H20N4O2. The van der Waals surface area contributed by atoms with E-state index in [9.17, 15) is 4.79 Å². The van der Waals surface area contributed by atoms with Crippen molar-refractivity contribution in [3.05, 3.63) is 41.6 Å².